The Hall–Kier alpha value is -3.34. The molecule has 2 heterocycles. The summed E-state index contributed by atoms with van der Waals surface area (Å²) in [4.78, 5) is 12.2. The molecule has 0 radical (unpaired) electrons. The van der Waals surface area contributed by atoms with Crippen molar-refractivity contribution < 1.29 is 13.9 Å². The lowest BCUT2D eigenvalue weighted by atomic mass is 10.1. The Morgan fingerprint density at radius 2 is 1.92 bits per heavy atom. The maximum atomic E-state index is 12.2. The van der Waals surface area contributed by atoms with Crippen molar-refractivity contribution in [2.75, 3.05) is 0 Å². The van der Waals surface area contributed by atoms with Crippen LogP contribution in [-0.4, -0.2) is 15.7 Å². The van der Waals surface area contributed by atoms with E-state index in [9.17, 15) is 4.79 Å². The Balaban J connectivity index is 1.44. The zero-order chi connectivity index (χ0) is 17.1. The van der Waals surface area contributed by atoms with Crippen LogP contribution in [0.1, 0.15) is 21.9 Å². The standard InChI is InChI=1S/C20H16N2O3/c23-20(19-10-9-17(25-19)13-22-12-4-11-21-22)24-14-16-7-3-6-15-5-1-2-8-18(15)16/h1-12H,13-14H2. The molecule has 0 atom stereocenters. The second kappa shape index (κ2) is 6.65. The molecule has 2 aromatic carbocycles. The Bertz CT molecular complexity index is 997. The molecule has 25 heavy (non-hydrogen) atoms. The Morgan fingerprint density at radius 3 is 2.80 bits per heavy atom. The van der Waals surface area contributed by atoms with Gasteiger partial charge in [0, 0.05) is 12.4 Å². The summed E-state index contributed by atoms with van der Waals surface area (Å²) in [6, 6.07) is 19.2. The number of carbonyl (C=O) groups is 1. The maximum Gasteiger partial charge on any atom is 0.374 e. The van der Waals surface area contributed by atoms with Crippen molar-refractivity contribution in [3.63, 3.8) is 0 Å². The monoisotopic (exact) mass is 332 g/mol. The number of aromatic nitrogens is 2. The first-order valence-corrected chi connectivity index (χ1v) is 7.99. The summed E-state index contributed by atoms with van der Waals surface area (Å²) in [5, 5.41) is 6.31. The summed E-state index contributed by atoms with van der Waals surface area (Å²) in [5.41, 5.74) is 0.967. The van der Waals surface area contributed by atoms with E-state index in [1.54, 1.807) is 23.0 Å². The molecule has 5 nitrogen and oxygen atoms in total. The van der Waals surface area contributed by atoms with E-state index in [4.69, 9.17) is 9.15 Å². The van der Waals surface area contributed by atoms with Crippen LogP contribution in [0.4, 0.5) is 0 Å². The zero-order valence-corrected chi connectivity index (χ0v) is 13.5. The van der Waals surface area contributed by atoms with Crippen molar-refractivity contribution in [3.8, 4) is 0 Å². The molecule has 4 rings (SSSR count). The van der Waals surface area contributed by atoms with Gasteiger partial charge in [-0.2, -0.15) is 5.10 Å². The maximum absolute atomic E-state index is 12.2. The number of hydrogen-bond acceptors (Lipinski definition) is 4. The number of hydrogen-bond donors (Lipinski definition) is 0. The molecule has 4 aromatic rings. The average molecular weight is 332 g/mol. The molecular formula is C20H16N2O3. The number of ether oxygens (including phenoxy) is 1. The number of carbonyl (C=O) groups excluding carboxylic acids is 1. The van der Waals surface area contributed by atoms with Gasteiger partial charge >= 0.3 is 5.97 Å². The molecule has 0 amide bonds. The van der Waals surface area contributed by atoms with Gasteiger partial charge in [-0.1, -0.05) is 42.5 Å². The second-order valence-electron chi connectivity index (χ2n) is 5.68. The van der Waals surface area contributed by atoms with Gasteiger partial charge in [0.05, 0.1) is 6.54 Å². The summed E-state index contributed by atoms with van der Waals surface area (Å²) < 4.78 is 12.7. The fraction of sp³-hybridized carbons (Fsp3) is 0.100. The fourth-order valence-electron chi connectivity index (χ4n) is 2.76. The molecule has 0 aliphatic rings. The summed E-state index contributed by atoms with van der Waals surface area (Å²) in [6.07, 6.45) is 3.53. The topological polar surface area (TPSA) is 57.3 Å². The van der Waals surface area contributed by atoms with Crippen molar-refractivity contribution in [2.24, 2.45) is 0 Å². The Morgan fingerprint density at radius 1 is 1.04 bits per heavy atom. The third-order valence-electron chi connectivity index (χ3n) is 3.98. The molecule has 0 bridgehead atoms. The molecule has 0 saturated carbocycles. The second-order valence-corrected chi connectivity index (χ2v) is 5.68. The van der Waals surface area contributed by atoms with Gasteiger partial charge < -0.3 is 9.15 Å². The van der Waals surface area contributed by atoms with Crippen molar-refractivity contribution in [2.45, 2.75) is 13.2 Å². The van der Waals surface area contributed by atoms with Crippen molar-refractivity contribution in [1.29, 1.82) is 0 Å². The van der Waals surface area contributed by atoms with Crippen LogP contribution in [0.25, 0.3) is 10.8 Å². The van der Waals surface area contributed by atoms with Crippen LogP contribution in [-0.2, 0) is 17.9 Å². The van der Waals surface area contributed by atoms with E-state index in [0.29, 0.717) is 12.3 Å². The minimum Gasteiger partial charge on any atom is -0.455 e. The lowest BCUT2D eigenvalue weighted by Gasteiger charge is -2.07. The first-order chi connectivity index (χ1) is 12.3. The van der Waals surface area contributed by atoms with Crippen molar-refractivity contribution >= 4 is 16.7 Å². The number of nitrogens with zero attached hydrogens (tertiary/aromatic N) is 2. The highest BCUT2D eigenvalue weighted by Gasteiger charge is 2.14. The fourth-order valence-corrected chi connectivity index (χ4v) is 2.76. The molecule has 0 N–H and O–H groups in total. The first kappa shape index (κ1) is 15.2. The molecule has 0 aliphatic heterocycles. The van der Waals surface area contributed by atoms with Gasteiger partial charge in [-0.05, 0) is 34.5 Å². The third-order valence-corrected chi connectivity index (χ3v) is 3.98. The number of fused-ring (bicyclic) bond motifs is 1. The normalized spacial score (nSPS) is 10.9. The molecule has 0 aliphatic carbocycles. The van der Waals surface area contributed by atoms with Crippen LogP contribution in [0.15, 0.2) is 77.5 Å². The lowest BCUT2D eigenvalue weighted by Crippen LogP contribution is -2.04. The SMILES string of the molecule is O=C(OCc1cccc2ccccc12)c1ccc(Cn2cccn2)o1. The highest BCUT2D eigenvalue weighted by molar-refractivity contribution is 5.88. The predicted octanol–water partition coefficient (Wildman–Crippen LogP) is 4.03. The molecule has 124 valence electrons. The predicted molar refractivity (Wildman–Crippen MR) is 93.1 cm³/mol. The van der Waals surface area contributed by atoms with Crippen LogP contribution in [0.2, 0.25) is 0 Å². The van der Waals surface area contributed by atoms with Gasteiger partial charge in [-0.15, -0.1) is 0 Å². The quantitative estimate of drug-likeness (QED) is 0.518. The smallest absolute Gasteiger partial charge is 0.374 e. The Kier molecular flexibility index (Phi) is 4.04. The molecule has 0 spiro atoms. The zero-order valence-electron chi connectivity index (χ0n) is 13.5. The van der Waals surface area contributed by atoms with Gasteiger partial charge in [-0.3, -0.25) is 4.68 Å². The van der Waals surface area contributed by atoms with Gasteiger partial charge in [-0.25, -0.2) is 4.79 Å². The molecule has 0 unspecified atom stereocenters. The molecule has 5 heteroatoms. The van der Waals surface area contributed by atoms with Crippen LogP contribution in [0.5, 0.6) is 0 Å². The van der Waals surface area contributed by atoms with Crippen molar-refractivity contribution in [3.05, 3.63) is 90.1 Å². The van der Waals surface area contributed by atoms with E-state index in [1.165, 1.54) is 0 Å². The van der Waals surface area contributed by atoms with Crippen LogP contribution in [0.3, 0.4) is 0 Å². The lowest BCUT2D eigenvalue weighted by molar-refractivity contribution is 0.0435. The van der Waals surface area contributed by atoms with E-state index < -0.39 is 5.97 Å². The number of rotatable bonds is 5. The molecular weight excluding hydrogens is 316 g/mol. The Labute approximate surface area is 144 Å². The largest absolute Gasteiger partial charge is 0.455 e. The van der Waals surface area contributed by atoms with Crippen LogP contribution >= 0.6 is 0 Å². The average Bonchev–Trinajstić information content (AvgIpc) is 3.32. The van der Waals surface area contributed by atoms with Gasteiger partial charge in [0.2, 0.25) is 5.76 Å². The highest BCUT2D eigenvalue weighted by Crippen LogP contribution is 2.20. The minimum absolute atomic E-state index is 0.197. The summed E-state index contributed by atoms with van der Waals surface area (Å²) in [5.74, 6) is 0.378. The van der Waals surface area contributed by atoms with E-state index in [0.717, 1.165) is 16.3 Å². The number of benzene rings is 2. The number of furan rings is 1. The first-order valence-electron chi connectivity index (χ1n) is 7.99. The van der Waals surface area contributed by atoms with E-state index >= 15 is 0 Å². The van der Waals surface area contributed by atoms with Crippen molar-refractivity contribution in [1.82, 2.24) is 9.78 Å². The summed E-state index contributed by atoms with van der Waals surface area (Å²) >= 11 is 0. The molecule has 2 aromatic heterocycles. The van der Waals surface area contributed by atoms with Crippen LogP contribution in [0, 0.1) is 0 Å². The third kappa shape index (κ3) is 3.30. The van der Waals surface area contributed by atoms with Gasteiger partial charge in [0.25, 0.3) is 0 Å². The van der Waals surface area contributed by atoms with Gasteiger partial charge in [0.1, 0.15) is 12.4 Å². The van der Waals surface area contributed by atoms with E-state index in [-0.39, 0.29) is 12.4 Å². The van der Waals surface area contributed by atoms with Gasteiger partial charge in [0.15, 0.2) is 0 Å². The molecule has 0 fully saturated rings. The minimum atomic E-state index is -0.473. The van der Waals surface area contributed by atoms with E-state index in [1.807, 2.05) is 54.7 Å². The van der Waals surface area contributed by atoms with E-state index in [2.05, 4.69) is 5.10 Å². The van der Waals surface area contributed by atoms with Crippen LogP contribution < -0.4 is 0 Å². The number of esters is 1. The summed E-state index contributed by atoms with van der Waals surface area (Å²) in [6.45, 7) is 0.680. The highest BCUT2D eigenvalue weighted by atomic mass is 16.5. The molecule has 0 saturated heterocycles. The summed E-state index contributed by atoms with van der Waals surface area (Å²) in [7, 11) is 0.